The Morgan fingerprint density at radius 1 is 1.53 bits per heavy atom. The number of nitrogens with two attached hydrogens (primary N) is 1. The van der Waals surface area contributed by atoms with Gasteiger partial charge >= 0.3 is 0 Å². The Bertz CT molecular complexity index is 457. The zero-order chi connectivity index (χ0) is 13.7. The van der Waals surface area contributed by atoms with Crippen LogP contribution in [0.5, 0.6) is 0 Å². The van der Waals surface area contributed by atoms with Crippen molar-refractivity contribution in [3.05, 3.63) is 29.6 Å². The summed E-state index contributed by atoms with van der Waals surface area (Å²) in [4.78, 5) is 16.0. The first-order valence-corrected chi connectivity index (χ1v) is 6.69. The number of carbonyl (C=O) groups excluding carboxylic acids is 1. The van der Waals surface area contributed by atoms with E-state index in [0.717, 1.165) is 12.5 Å². The molecular weight excluding hydrogens is 262 g/mol. The van der Waals surface area contributed by atoms with Crippen LogP contribution in [0.15, 0.2) is 18.3 Å². The number of hydrogen-bond acceptors (Lipinski definition) is 4. The summed E-state index contributed by atoms with van der Waals surface area (Å²) in [5.74, 6) is 0.523. The van der Waals surface area contributed by atoms with Crippen molar-refractivity contribution in [2.45, 2.75) is 12.8 Å². The molecule has 0 unspecified atom stereocenters. The number of carbonyl (C=O) groups is 1. The first-order chi connectivity index (χ1) is 9.16. The van der Waals surface area contributed by atoms with Crippen molar-refractivity contribution in [3.63, 3.8) is 0 Å². The summed E-state index contributed by atoms with van der Waals surface area (Å²) in [6.07, 6.45) is 4.04. The number of nitrogens with one attached hydrogen (secondary N) is 1. The smallest absolute Gasteiger partial charge is 0.269 e. The minimum atomic E-state index is -0.218. The molecule has 0 aromatic carbocycles. The molecule has 1 fully saturated rings. The van der Waals surface area contributed by atoms with Gasteiger partial charge in [0.05, 0.1) is 6.61 Å². The zero-order valence-electron chi connectivity index (χ0n) is 10.6. The highest BCUT2D eigenvalue weighted by atomic mass is 32.1. The van der Waals surface area contributed by atoms with E-state index in [1.54, 1.807) is 12.1 Å². The van der Waals surface area contributed by atoms with Crippen molar-refractivity contribution in [1.82, 2.24) is 10.3 Å². The molecule has 0 radical (unpaired) electrons. The van der Waals surface area contributed by atoms with Crippen LogP contribution in [-0.4, -0.2) is 35.6 Å². The fourth-order valence-electron chi connectivity index (χ4n) is 1.54. The second kappa shape index (κ2) is 6.58. The van der Waals surface area contributed by atoms with E-state index in [4.69, 9.17) is 22.7 Å². The number of thiocarbonyl (C=S) groups is 1. The van der Waals surface area contributed by atoms with E-state index >= 15 is 0 Å². The van der Waals surface area contributed by atoms with Crippen LogP contribution in [0.3, 0.4) is 0 Å². The molecule has 19 heavy (non-hydrogen) atoms. The van der Waals surface area contributed by atoms with Crippen LogP contribution in [0.1, 0.15) is 28.9 Å². The summed E-state index contributed by atoms with van der Waals surface area (Å²) in [6, 6.07) is 3.29. The predicted molar refractivity (Wildman–Crippen MR) is 76.0 cm³/mol. The van der Waals surface area contributed by atoms with Gasteiger partial charge in [-0.15, -0.1) is 0 Å². The lowest BCUT2D eigenvalue weighted by molar-refractivity contribution is 0.0902. The molecule has 1 saturated carbocycles. The van der Waals surface area contributed by atoms with Gasteiger partial charge in [0, 0.05) is 24.9 Å². The largest absolute Gasteiger partial charge is 0.389 e. The maximum Gasteiger partial charge on any atom is 0.269 e. The molecule has 0 aliphatic heterocycles. The minimum Gasteiger partial charge on any atom is -0.389 e. The van der Waals surface area contributed by atoms with E-state index in [1.165, 1.54) is 19.0 Å². The van der Waals surface area contributed by atoms with Gasteiger partial charge in [-0.2, -0.15) is 0 Å². The Balaban J connectivity index is 1.70. The lowest BCUT2D eigenvalue weighted by Crippen LogP contribution is -2.28. The fourth-order valence-corrected chi connectivity index (χ4v) is 1.66. The van der Waals surface area contributed by atoms with Crippen molar-refractivity contribution < 1.29 is 9.53 Å². The fraction of sp³-hybridized carbons (Fsp3) is 0.462. The third-order valence-electron chi connectivity index (χ3n) is 2.86. The van der Waals surface area contributed by atoms with Gasteiger partial charge < -0.3 is 15.8 Å². The van der Waals surface area contributed by atoms with Crippen LogP contribution >= 0.6 is 12.2 Å². The summed E-state index contributed by atoms with van der Waals surface area (Å²) in [7, 11) is 0. The van der Waals surface area contributed by atoms with Crippen molar-refractivity contribution in [2.75, 3.05) is 19.8 Å². The van der Waals surface area contributed by atoms with Gasteiger partial charge in [-0.3, -0.25) is 9.78 Å². The number of pyridine rings is 1. The Kier molecular flexibility index (Phi) is 4.81. The van der Waals surface area contributed by atoms with Gasteiger partial charge in [0.1, 0.15) is 10.7 Å². The maximum absolute atomic E-state index is 11.7. The molecule has 1 aliphatic carbocycles. The number of amides is 1. The molecule has 0 saturated heterocycles. The molecule has 5 nitrogen and oxygen atoms in total. The quantitative estimate of drug-likeness (QED) is 0.572. The molecule has 0 bridgehead atoms. The third-order valence-corrected chi connectivity index (χ3v) is 3.10. The highest BCUT2D eigenvalue weighted by molar-refractivity contribution is 7.80. The molecule has 1 aromatic rings. The molecule has 6 heteroatoms. The number of hydrogen-bond donors (Lipinski definition) is 2. The molecule has 1 aromatic heterocycles. The molecule has 3 N–H and O–H groups in total. The van der Waals surface area contributed by atoms with Gasteiger partial charge in [-0.1, -0.05) is 12.2 Å². The summed E-state index contributed by atoms with van der Waals surface area (Å²) in [5, 5.41) is 2.75. The van der Waals surface area contributed by atoms with Crippen LogP contribution in [0.2, 0.25) is 0 Å². The maximum atomic E-state index is 11.7. The molecule has 1 amide bonds. The van der Waals surface area contributed by atoms with Gasteiger partial charge in [0.15, 0.2) is 0 Å². The molecular formula is C13H17N3O2S. The number of nitrogens with zero attached hydrogens (tertiary/aromatic N) is 1. The molecule has 0 atom stereocenters. The van der Waals surface area contributed by atoms with Crippen molar-refractivity contribution >= 4 is 23.1 Å². The minimum absolute atomic E-state index is 0.218. The highest BCUT2D eigenvalue weighted by Gasteiger charge is 2.20. The van der Waals surface area contributed by atoms with E-state index in [9.17, 15) is 4.79 Å². The van der Waals surface area contributed by atoms with Crippen LogP contribution < -0.4 is 11.1 Å². The normalized spacial score (nSPS) is 14.1. The van der Waals surface area contributed by atoms with E-state index < -0.39 is 0 Å². The second-order valence-corrected chi connectivity index (χ2v) is 5.01. The van der Waals surface area contributed by atoms with Gasteiger partial charge in [0.2, 0.25) is 0 Å². The summed E-state index contributed by atoms with van der Waals surface area (Å²) < 4.78 is 5.43. The van der Waals surface area contributed by atoms with E-state index in [0.29, 0.717) is 24.4 Å². The first kappa shape index (κ1) is 13.9. The second-order valence-electron chi connectivity index (χ2n) is 4.57. The first-order valence-electron chi connectivity index (χ1n) is 6.28. The van der Waals surface area contributed by atoms with Crippen LogP contribution in [0, 0.1) is 5.92 Å². The third kappa shape index (κ3) is 4.57. The van der Waals surface area contributed by atoms with Gasteiger partial charge in [-0.25, -0.2) is 0 Å². The molecule has 102 valence electrons. The van der Waals surface area contributed by atoms with Gasteiger partial charge in [-0.05, 0) is 30.9 Å². The topological polar surface area (TPSA) is 77.2 Å². The van der Waals surface area contributed by atoms with Crippen molar-refractivity contribution in [3.8, 4) is 0 Å². The van der Waals surface area contributed by atoms with Crippen LogP contribution in [-0.2, 0) is 4.74 Å². The van der Waals surface area contributed by atoms with E-state index in [1.807, 2.05) is 0 Å². The number of aromatic nitrogens is 1. The molecule has 1 heterocycles. The van der Waals surface area contributed by atoms with E-state index in [-0.39, 0.29) is 10.9 Å². The van der Waals surface area contributed by atoms with Crippen molar-refractivity contribution in [2.24, 2.45) is 11.7 Å². The van der Waals surface area contributed by atoms with Crippen molar-refractivity contribution in [1.29, 1.82) is 0 Å². The van der Waals surface area contributed by atoms with E-state index in [2.05, 4.69) is 10.3 Å². The number of ether oxygens (including phenoxy) is 1. The van der Waals surface area contributed by atoms with Crippen LogP contribution in [0.4, 0.5) is 0 Å². The Morgan fingerprint density at radius 3 is 2.89 bits per heavy atom. The van der Waals surface area contributed by atoms with Gasteiger partial charge in [0.25, 0.3) is 5.91 Å². The Labute approximate surface area is 117 Å². The lowest BCUT2D eigenvalue weighted by atomic mass is 10.2. The molecule has 0 spiro atoms. The van der Waals surface area contributed by atoms with Crippen LogP contribution in [0.25, 0.3) is 0 Å². The SMILES string of the molecule is NC(=S)c1ccc(C(=O)NCCOCC2CC2)nc1. The highest BCUT2D eigenvalue weighted by Crippen LogP contribution is 2.28. The summed E-state index contributed by atoms with van der Waals surface area (Å²) in [6.45, 7) is 1.83. The predicted octanol–water partition coefficient (Wildman–Crippen LogP) is 0.872. The molecule has 2 rings (SSSR count). The summed E-state index contributed by atoms with van der Waals surface area (Å²) in [5.41, 5.74) is 6.46. The summed E-state index contributed by atoms with van der Waals surface area (Å²) >= 11 is 4.82. The lowest BCUT2D eigenvalue weighted by Gasteiger charge is -2.06. The average Bonchev–Trinajstić information content (AvgIpc) is 3.22. The number of rotatable bonds is 7. The molecule has 1 aliphatic rings. The monoisotopic (exact) mass is 279 g/mol. The Morgan fingerprint density at radius 2 is 2.32 bits per heavy atom. The zero-order valence-corrected chi connectivity index (χ0v) is 11.4. The average molecular weight is 279 g/mol. The standard InChI is InChI=1S/C13H17N3O2S/c14-12(19)10-3-4-11(16-7-10)13(17)15-5-6-18-8-9-1-2-9/h3-4,7,9H,1-2,5-6,8H2,(H2,14,19)(H,15,17). The Hall–Kier alpha value is -1.53.